The smallest absolute Gasteiger partial charge is 0.267 e. The zero-order chi connectivity index (χ0) is 29.7. The summed E-state index contributed by atoms with van der Waals surface area (Å²) in [6.45, 7) is 1.33. The Kier molecular flexibility index (Phi) is 9.29. The predicted molar refractivity (Wildman–Crippen MR) is 141 cm³/mol. The van der Waals surface area contributed by atoms with Crippen LogP contribution >= 0.6 is 0 Å². The number of benzene rings is 1. The molecule has 1 aromatic carbocycles. The number of hydrogen-bond acceptors (Lipinski definition) is 4. The number of rotatable bonds is 5. The Labute approximate surface area is 232 Å². The molecule has 6 nitrogen and oxygen atoms in total. The number of pyridine rings is 1. The van der Waals surface area contributed by atoms with E-state index in [1.165, 1.54) is 36.1 Å². The first-order valence-corrected chi connectivity index (χ1v) is 13.1. The second-order valence-corrected chi connectivity index (χ2v) is 9.95. The molecule has 0 amide bonds. The maximum Gasteiger partial charge on any atom is 0.418 e. The molecule has 0 bridgehead atoms. The van der Waals surface area contributed by atoms with E-state index in [-0.39, 0.29) is 34.4 Å². The third-order valence-corrected chi connectivity index (χ3v) is 6.97. The standard InChI is InChI=1S/C22H22F5N5O.C7H7F/c1-31-19(15(11-29-31)20(23)24)17-10-14(13-6-3-2-4-7-13)21(33)32(30-17)12-18-16(22(25,26)27)8-5-9-28-18;1-6-3-2-4-7(8)5-6/h5,8-11,13,20H,2-4,6-7,12H2,1H3;2-5H,1H3. The molecular weight excluding hydrogens is 548 g/mol. The summed E-state index contributed by atoms with van der Waals surface area (Å²) >= 11 is 0. The highest BCUT2D eigenvalue weighted by atomic mass is 19.4. The Hall–Kier alpha value is -3.96. The van der Waals surface area contributed by atoms with Crippen molar-refractivity contribution in [3.05, 3.63) is 99.0 Å². The van der Waals surface area contributed by atoms with E-state index >= 15 is 0 Å². The van der Waals surface area contributed by atoms with Crippen molar-refractivity contribution < 1.29 is 26.3 Å². The van der Waals surface area contributed by atoms with Crippen molar-refractivity contribution >= 4 is 0 Å². The molecule has 1 saturated carbocycles. The molecule has 1 aliphatic rings. The van der Waals surface area contributed by atoms with Gasteiger partial charge in [-0.25, -0.2) is 17.9 Å². The van der Waals surface area contributed by atoms with Crippen LogP contribution in [-0.4, -0.2) is 24.5 Å². The molecule has 41 heavy (non-hydrogen) atoms. The minimum atomic E-state index is -4.66. The van der Waals surface area contributed by atoms with Gasteiger partial charge in [0.25, 0.3) is 12.0 Å². The molecule has 3 aromatic heterocycles. The van der Waals surface area contributed by atoms with Gasteiger partial charge in [0.05, 0.1) is 35.3 Å². The van der Waals surface area contributed by atoms with Crippen LogP contribution in [0.1, 0.15) is 72.4 Å². The van der Waals surface area contributed by atoms with Crippen LogP contribution in [0.4, 0.5) is 26.3 Å². The SMILES string of the molecule is Cc1cccc(F)c1.Cn1ncc(C(F)F)c1-c1cc(C2CCCCC2)c(=O)n(Cc2ncccc2C(F)(F)F)n1. The Morgan fingerprint density at radius 2 is 1.78 bits per heavy atom. The van der Waals surface area contributed by atoms with Gasteiger partial charge in [0, 0.05) is 18.8 Å². The van der Waals surface area contributed by atoms with Crippen molar-refractivity contribution in [3.8, 4) is 11.4 Å². The Morgan fingerprint density at radius 3 is 2.39 bits per heavy atom. The Bertz CT molecular complexity index is 1520. The second-order valence-electron chi connectivity index (χ2n) is 9.95. The van der Waals surface area contributed by atoms with E-state index in [9.17, 15) is 31.1 Å². The molecule has 1 fully saturated rings. The third-order valence-electron chi connectivity index (χ3n) is 6.97. The molecule has 0 aliphatic heterocycles. The lowest BCUT2D eigenvalue weighted by molar-refractivity contribution is -0.138. The van der Waals surface area contributed by atoms with Gasteiger partial charge in [-0.2, -0.15) is 23.4 Å². The van der Waals surface area contributed by atoms with Crippen molar-refractivity contribution in [1.82, 2.24) is 24.5 Å². The zero-order valence-electron chi connectivity index (χ0n) is 22.5. The summed E-state index contributed by atoms with van der Waals surface area (Å²) in [7, 11) is 1.47. The van der Waals surface area contributed by atoms with Crippen molar-refractivity contribution in [2.24, 2.45) is 7.05 Å². The average Bonchev–Trinajstić information content (AvgIpc) is 3.32. The molecular formula is C29H29F6N5O. The van der Waals surface area contributed by atoms with E-state index in [2.05, 4.69) is 15.2 Å². The van der Waals surface area contributed by atoms with Gasteiger partial charge in [0.15, 0.2) is 0 Å². The number of alkyl halides is 5. The fourth-order valence-corrected chi connectivity index (χ4v) is 4.99. The minimum Gasteiger partial charge on any atom is -0.267 e. The van der Waals surface area contributed by atoms with Gasteiger partial charge in [-0.3, -0.25) is 14.5 Å². The summed E-state index contributed by atoms with van der Waals surface area (Å²) in [4.78, 5) is 17.1. The number of hydrogen-bond donors (Lipinski definition) is 0. The summed E-state index contributed by atoms with van der Waals surface area (Å²) < 4.78 is 81.9. The molecule has 0 radical (unpaired) electrons. The van der Waals surface area contributed by atoms with Crippen molar-refractivity contribution in [2.45, 2.75) is 64.1 Å². The van der Waals surface area contributed by atoms with E-state index in [0.29, 0.717) is 5.56 Å². The molecule has 0 unspecified atom stereocenters. The van der Waals surface area contributed by atoms with Gasteiger partial charge >= 0.3 is 6.18 Å². The van der Waals surface area contributed by atoms with Gasteiger partial charge in [-0.05, 0) is 61.6 Å². The first-order chi connectivity index (χ1) is 19.5. The lowest BCUT2D eigenvalue weighted by Gasteiger charge is -2.23. The molecule has 1 aliphatic carbocycles. The molecule has 5 rings (SSSR count). The van der Waals surface area contributed by atoms with E-state index in [1.807, 2.05) is 13.0 Å². The normalized spacial score (nSPS) is 14.2. The van der Waals surface area contributed by atoms with Gasteiger partial charge in [-0.15, -0.1) is 0 Å². The van der Waals surface area contributed by atoms with Crippen LogP contribution in [0.25, 0.3) is 11.4 Å². The molecule has 0 spiro atoms. The average molecular weight is 578 g/mol. The summed E-state index contributed by atoms with van der Waals surface area (Å²) in [5, 5.41) is 8.08. The zero-order valence-corrected chi connectivity index (χ0v) is 22.5. The summed E-state index contributed by atoms with van der Waals surface area (Å²) in [5.74, 6) is -0.279. The first-order valence-electron chi connectivity index (χ1n) is 13.1. The molecule has 218 valence electrons. The number of aryl methyl sites for hydroxylation is 2. The van der Waals surface area contributed by atoms with Crippen LogP contribution in [0.2, 0.25) is 0 Å². The lowest BCUT2D eigenvalue weighted by Crippen LogP contribution is -2.30. The Morgan fingerprint density at radius 1 is 1.05 bits per heavy atom. The van der Waals surface area contributed by atoms with Gasteiger partial charge in [0.1, 0.15) is 11.5 Å². The minimum absolute atomic E-state index is 0.0212. The molecule has 0 N–H and O–H groups in total. The van der Waals surface area contributed by atoms with Crippen LogP contribution in [0, 0.1) is 12.7 Å². The third kappa shape index (κ3) is 7.22. The van der Waals surface area contributed by atoms with Crippen molar-refractivity contribution in [1.29, 1.82) is 0 Å². The van der Waals surface area contributed by atoms with Gasteiger partial charge in [0.2, 0.25) is 0 Å². The maximum atomic E-state index is 13.6. The maximum absolute atomic E-state index is 13.6. The van der Waals surface area contributed by atoms with Gasteiger partial charge < -0.3 is 0 Å². The number of halogens is 6. The molecule has 0 atom stereocenters. The van der Waals surface area contributed by atoms with Crippen LogP contribution in [0.15, 0.2) is 59.7 Å². The van der Waals surface area contributed by atoms with E-state index in [0.717, 1.165) is 60.7 Å². The van der Waals surface area contributed by atoms with E-state index in [4.69, 9.17) is 0 Å². The monoisotopic (exact) mass is 577 g/mol. The molecule has 3 heterocycles. The summed E-state index contributed by atoms with van der Waals surface area (Å²) in [5.41, 5.74) is -0.829. The van der Waals surface area contributed by atoms with Crippen LogP contribution in [0.5, 0.6) is 0 Å². The van der Waals surface area contributed by atoms with Gasteiger partial charge in [-0.1, -0.05) is 31.4 Å². The molecule has 0 saturated heterocycles. The highest BCUT2D eigenvalue weighted by molar-refractivity contribution is 5.60. The summed E-state index contributed by atoms with van der Waals surface area (Å²) in [6.07, 6.45) is -0.934. The second kappa shape index (κ2) is 12.7. The number of aromatic nitrogens is 5. The Balaban J connectivity index is 0.000000417. The molecule has 12 heteroatoms. The summed E-state index contributed by atoms with van der Waals surface area (Å²) in [6, 6.07) is 10.0. The fourth-order valence-electron chi connectivity index (χ4n) is 4.99. The largest absolute Gasteiger partial charge is 0.418 e. The van der Waals surface area contributed by atoms with E-state index < -0.39 is 30.3 Å². The molecule has 4 aromatic rings. The lowest BCUT2D eigenvalue weighted by atomic mass is 9.84. The first kappa shape index (κ1) is 30.0. The fraction of sp³-hybridized carbons (Fsp3) is 0.379. The quantitative estimate of drug-likeness (QED) is 0.235. The highest BCUT2D eigenvalue weighted by Crippen LogP contribution is 2.35. The van der Waals surface area contributed by atoms with E-state index in [1.54, 1.807) is 6.07 Å². The van der Waals surface area contributed by atoms with Crippen LogP contribution in [-0.2, 0) is 19.8 Å². The van der Waals surface area contributed by atoms with Crippen LogP contribution < -0.4 is 5.56 Å². The van der Waals surface area contributed by atoms with Crippen LogP contribution in [0.3, 0.4) is 0 Å². The topological polar surface area (TPSA) is 65.6 Å². The number of nitrogens with zero attached hydrogens (tertiary/aromatic N) is 5. The van der Waals surface area contributed by atoms with Crippen molar-refractivity contribution in [3.63, 3.8) is 0 Å². The van der Waals surface area contributed by atoms with Crippen molar-refractivity contribution in [2.75, 3.05) is 0 Å². The highest BCUT2D eigenvalue weighted by Gasteiger charge is 2.34. The predicted octanol–water partition coefficient (Wildman–Crippen LogP) is 7.23.